The van der Waals surface area contributed by atoms with Gasteiger partial charge < -0.3 is 20.5 Å². The summed E-state index contributed by atoms with van der Waals surface area (Å²) in [4.78, 5) is 25.1. The number of anilines is 1. The summed E-state index contributed by atoms with van der Waals surface area (Å²) < 4.78 is 1.47. The Labute approximate surface area is 117 Å². The van der Waals surface area contributed by atoms with Crippen LogP contribution in [0, 0.1) is 21.4 Å². The summed E-state index contributed by atoms with van der Waals surface area (Å²) in [5, 5.41) is 22.9. The zero-order valence-corrected chi connectivity index (χ0v) is 12.1. The molecule has 0 saturated heterocycles. The second-order valence-electron chi connectivity index (χ2n) is 5.97. The van der Waals surface area contributed by atoms with Gasteiger partial charge in [-0.15, -0.1) is 0 Å². The topological polar surface area (TPSA) is 110 Å². The number of nitrogens with zero attached hydrogens (tertiary/aromatic N) is 3. The van der Waals surface area contributed by atoms with Crippen LogP contribution in [0.5, 0.6) is 0 Å². The van der Waals surface area contributed by atoms with Crippen molar-refractivity contribution in [3.63, 3.8) is 0 Å². The molecule has 0 fully saturated rings. The lowest BCUT2D eigenvalue weighted by atomic mass is 9.84. The van der Waals surface area contributed by atoms with Crippen molar-refractivity contribution < 1.29 is 14.8 Å². The smallest absolute Gasteiger partial charge is 0.406 e. The Morgan fingerprint density at radius 3 is 2.65 bits per heavy atom. The minimum absolute atomic E-state index is 0.118. The first kappa shape index (κ1) is 15.9. The van der Waals surface area contributed by atoms with E-state index in [0.717, 1.165) is 0 Å². The van der Waals surface area contributed by atoms with Crippen molar-refractivity contribution in [2.45, 2.75) is 27.2 Å². The van der Waals surface area contributed by atoms with Crippen molar-refractivity contribution in [2.24, 2.45) is 18.4 Å². The Morgan fingerprint density at radius 1 is 1.60 bits per heavy atom. The van der Waals surface area contributed by atoms with Crippen LogP contribution in [-0.4, -0.2) is 32.1 Å². The third kappa shape index (κ3) is 4.22. The molecule has 1 aromatic rings. The van der Waals surface area contributed by atoms with Gasteiger partial charge >= 0.3 is 11.8 Å². The molecule has 0 bridgehead atoms. The summed E-state index contributed by atoms with van der Waals surface area (Å²) in [6.45, 7) is 5.98. The highest BCUT2D eigenvalue weighted by Crippen LogP contribution is 2.26. The molecule has 0 amide bonds. The molecular weight excluding hydrogens is 264 g/mol. The molecule has 2 N–H and O–H groups in total. The maximum Gasteiger partial charge on any atom is 0.406 e. The van der Waals surface area contributed by atoms with Crippen LogP contribution in [0.4, 0.5) is 11.6 Å². The first-order valence-corrected chi connectivity index (χ1v) is 6.24. The van der Waals surface area contributed by atoms with Crippen LogP contribution in [0.3, 0.4) is 0 Å². The monoisotopic (exact) mass is 284 g/mol. The van der Waals surface area contributed by atoms with Crippen molar-refractivity contribution >= 4 is 17.6 Å². The number of hydrogen-bond acceptors (Lipinski definition) is 5. The molecule has 1 aromatic heterocycles. The molecule has 0 saturated carbocycles. The zero-order valence-electron chi connectivity index (χ0n) is 12.1. The largest absolute Gasteiger partial charge is 0.481 e. The predicted octanol–water partition coefficient (Wildman–Crippen LogP) is 1.88. The van der Waals surface area contributed by atoms with Gasteiger partial charge in [-0.2, -0.15) is 0 Å². The van der Waals surface area contributed by atoms with Crippen LogP contribution >= 0.6 is 0 Å². The Kier molecular flexibility index (Phi) is 4.69. The lowest BCUT2D eigenvalue weighted by Crippen LogP contribution is -2.28. The van der Waals surface area contributed by atoms with Gasteiger partial charge in [-0.3, -0.25) is 9.36 Å². The van der Waals surface area contributed by atoms with Crippen LogP contribution in [0.1, 0.15) is 27.2 Å². The first-order valence-electron chi connectivity index (χ1n) is 6.24. The number of aliphatic carboxylic acids is 1. The van der Waals surface area contributed by atoms with E-state index >= 15 is 0 Å². The summed E-state index contributed by atoms with van der Waals surface area (Å²) in [6.07, 6.45) is 1.79. The second-order valence-corrected chi connectivity index (χ2v) is 5.97. The summed E-state index contributed by atoms with van der Waals surface area (Å²) in [5.74, 6) is -1.62. The van der Waals surface area contributed by atoms with Gasteiger partial charge in [-0.25, -0.2) is 0 Å². The minimum atomic E-state index is -0.919. The van der Waals surface area contributed by atoms with E-state index < -0.39 is 16.8 Å². The van der Waals surface area contributed by atoms with Gasteiger partial charge in [0.1, 0.15) is 0 Å². The number of nitro groups is 1. The quantitative estimate of drug-likeness (QED) is 0.609. The Morgan fingerprint density at radius 2 is 2.20 bits per heavy atom. The van der Waals surface area contributed by atoms with E-state index in [1.165, 1.54) is 10.9 Å². The lowest BCUT2D eigenvalue weighted by Gasteiger charge is -2.23. The van der Waals surface area contributed by atoms with Gasteiger partial charge in [0.15, 0.2) is 0 Å². The highest BCUT2D eigenvalue weighted by atomic mass is 16.6. The van der Waals surface area contributed by atoms with E-state index in [1.54, 1.807) is 7.05 Å². The number of aromatic nitrogens is 2. The normalized spacial score (nSPS) is 13.0. The molecule has 1 atom stereocenters. The highest BCUT2D eigenvalue weighted by molar-refractivity contribution is 5.71. The molecule has 8 nitrogen and oxygen atoms in total. The van der Waals surface area contributed by atoms with E-state index in [2.05, 4.69) is 10.3 Å². The summed E-state index contributed by atoms with van der Waals surface area (Å²) in [5.41, 5.74) is -0.136. The fourth-order valence-corrected chi connectivity index (χ4v) is 1.96. The van der Waals surface area contributed by atoms with Crippen LogP contribution in [0.15, 0.2) is 6.33 Å². The maximum atomic E-state index is 11.2. The minimum Gasteiger partial charge on any atom is -0.481 e. The third-order valence-corrected chi connectivity index (χ3v) is 2.81. The van der Waals surface area contributed by atoms with E-state index in [0.29, 0.717) is 6.42 Å². The molecule has 1 heterocycles. The fourth-order valence-electron chi connectivity index (χ4n) is 1.96. The van der Waals surface area contributed by atoms with Gasteiger partial charge in [0.05, 0.1) is 5.92 Å². The molecule has 0 aliphatic carbocycles. The van der Waals surface area contributed by atoms with E-state index in [9.17, 15) is 20.0 Å². The van der Waals surface area contributed by atoms with Crippen LogP contribution in [0.25, 0.3) is 0 Å². The van der Waals surface area contributed by atoms with Gasteiger partial charge in [-0.1, -0.05) is 20.8 Å². The average molecular weight is 284 g/mol. The van der Waals surface area contributed by atoms with Gasteiger partial charge in [-0.05, 0) is 21.7 Å². The number of carboxylic acids is 1. The number of hydrogen-bond donors (Lipinski definition) is 2. The summed E-state index contributed by atoms with van der Waals surface area (Å²) >= 11 is 0. The van der Waals surface area contributed by atoms with Gasteiger partial charge in [0, 0.05) is 13.6 Å². The molecule has 0 radical (unpaired) electrons. The van der Waals surface area contributed by atoms with Crippen molar-refractivity contribution in [1.29, 1.82) is 0 Å². The SMILES string of the molecule is Cn1cnc([N+](=O)[O-])c1NCC(CC(C)(C)C)C(=O)O. The molecule has 0 aliphatic heterocycles. The maximum absolute atomic E-state index is 11.2. The predicted molar refractivity (Wildman–Crippen MR) is 73.5 cm³/mol. The number of imidazole rings is 1. The summed E-state index contributed by atoms with van der Waals surface area (Å²) in [7, 11) is 1.61. The third-order valence-electron chi connectivity index (χ3n) is 2.81. The van der Waals surface area contributed by atoms with Crippen molar-refractivity contribution in [1.82, 2.24) is 9.55 Å². The second kappa shape index (κ2) is 5.89. The standard InChI is InChI=1S/C12H20N4O4/c1-12(2,3)5-8(11(17)18)6-13-9-10(16(19)20)14-7-15(9)4/h7-8,13H,5-6H2,1-4H3,(H,17,18). The van der Waals surface area contributed by atoms with Gasteiger partial charge in [0.25, 0.3) is 0 Å². The van der Waals surface area contributed by atoms with Crippen LogP contribution in [0.2, 0.25) is 0 Å². The zero-order chi connectivity index (χ0) is 15.5. The molecule has 8 heteroatoms. The molecule has 20 heavy (non-hydrogen) atoms. The molecule has 1 unspecified atom stereocenters. The van der Waals surface area contributed by atoms with E-state index in [1.807, 2.05) is 20.8 Å². The molecule has 0 aromatic carbocycles. The van der Waals surface area contributed by atoms with Crippen molar-refractivity contribution in [3.8, 4) is 0 Å². The molecule has 0 spiro atoms. The number of carboxylic acid groups (broad SMARTS) is 1. The van der Waals surface area contributed by atoms with E-state index in [4.69, 9.17) is 0 Å². The number of rotatable bonds is 6. The number of carbonyl (C=O) groups is 1. The highest BCUT2D eigenvalue weighted by Gasteiger charge is 2.26. The van der Waals surface area contributed by atoms with Crippen molar-refractivity contribution in [3.05, 3.63) is 16.4 Å². The average Bonchev–Trinajstić information content (AvgIpc) is 2.64. The van der Waals surface area contributed by atoms with Crippen LogP contribution < -0.4 is 5.32 Å². The molecule has 1 rings (SSSR count). The first-order chi connectivity index (χ1) is 9.11. The fraction of sp³-hybridized carbons (Fsp3) is 0.667. The Hall–Kier alpha value is -2.12. The van der Waals surface area contributed by atoms with Crippen LogP contribution in [-0.2, 0) is 11.8 Å². The molecule has 0 aliphatic rings. The Balaban J connectivity index is 2.81. The molecular formula is C12H20N4O4. The Bertz CT molecular complexity index is 504. The molecule has 112 valence electrons. The van der Waals surface area contributed by atoms with E-state index in [-0.39, 0.29) is 23.6 Å². The van der Waals surface area contributed by atoms with Gasteiger partial charge in [0.2, 0.25) is 12.1 Å². The summed E-state index contributed by atoms with van der Waals surface area (Å²) in [6, 6.07) is 0. The number of aryl methyl sites for hydroxylation is 1. The lowest BCUT2D eigenvalue weighted by molar-refractivity contribution is -0.388. The number of nitrogens with one attached hydrogen (secondary N) is 1. The van der Waals surface area contributed by atoms with Crippen molar-refractivity contribution in [2.75, 3.05) is 11.9 Å².